The summed E-state index contributed by atoms with van der Waals surface area (Å²) in [5.74, 6) is 1.01. The summed E-state index contributed by atoms with van der Waals surface area (Å²) in [4.78, 5) is 0. The lowest BCUT2D eigenvalue weighted by atomic mass is 9.83. The molecule has 1 aliphatic rings. The van der Waals surface area contributed by atoms with Crippen molar-refractivity contribution in [3.63, 3.8) is 0 Å². The first kappa shape index (κ1) is 9.71. The normalized spacial score (nSPS) is 22.1. The van der Waals surface area contributed by atoms with Crippen LogP contribution in [0.15, 0.2) is 4.52 Å². The van der Waals surface area contributed by atoms with Crippen molar-refractivity contribution in [1.82, 2.24) is 5.16 Å². The lowest BCUT2D eigenvalue weighted by molar-refractivity contribution is 0.355. The average molecular weight is 194 g/mol. The Bertz CT molecular complexity index is 336. The Morgan fingerprint density at radius 3 is 2.79 bits per heavy atom. The highest BCUT2D eigenvalue weighted by atomic mass is 16.5. The first-order chi connectivity index (χ1) is 6.50. The van der Waals surface area contributed by atoms with Gasteiger partial charge in [0.25, 0.3) is 0 Å². The Kier molecular flexibility index (Phi) is 2.14. The molecule has 14 heavy (non-hydrogen) atoms. The smallest absolute Gasteiger partial charge is 0.141 e. The van der Waals surface area contributed by atoms with Crippen LogP contribution in [0.5, 0.6) is 0 Å². The molecular weight excluding hydrogens is 176 g/mol. The average Bonchev–Trinajstić information content (AvgIpc) is 2.47. The molecule has 2 N–H and O–H groups in total. The predicted molar refractivity (Wildman–Crippen MR) is 55.1 cm³/mol. The standard InChI is InChI=1S/C11H18N2O/c1-11(2,3)10-9-7(12)5-4-6-8(9)14-13-10/h7H,4-6,12H2,1-3H3. The molecule has 2 rings (SSSR count). The summed E-state index contributed by atoms with van der Waals surface area (Å²) in [7, 11) is 0. The van der Waals surface area contributed by atoms with Gasteiger partial charge in [0.15, 0.2) is 0 Å². The first-order valence-electron chi connectivity index (χ1n) is 5.24. The quantitative estimate of drug-likeness (QED) is 0.689. The van der Waals surface area contributed by atoms with Crippen molar-refractivity contribution in [3.8, 4) is 0 Å². The van der Waals surface area contributed by atoms with E-state index in [0.29, 0.717) is 0 Å². The van der Waals surface area contributed by atoms with Gasteiger partial charge in [0.1, 0.15) is 5.76 Å². The molecule has 0 amide bonds. The van der Waals surface area contributed by atoms with Crippen LogP contribution in [0.1, 0.15) is 56.7 Å². The molecule has 0 spiro atoms. The van der Waals surface area contributed by atoms with Crippen LogP contribution in [0.25, 0.3) is 0 Å². The minimum atomic E-state index is 0.0338. The second-order valence-electron chi connectivity index (χ2n) is 5.12. The zero-order chi connectivity index (χ0) is 10.3. The van der Waals surface area contributed by atoms with Crippen molar-refractivity contribution in [2.75, 3.05) is 0 Å². The molecule has 0 fully saturated rings. The molecule has 1 aromatic rings. The summed E-state index contributed by atoms with van der Waals surface area (Å²) < 4.78 is 5.35. The van der Waals surface area contributed by atoms with Crippen LogP contribution >= 0.6 is 0 Å². The molecule has 1 heterocycles. The Labute approximate surface area is 84.7 Å². The Morgan fingerprint density at radius 1 is 1.43 bits per heavy atom. The number of rotatable bonds is 0. The highest BCUT2D eigenvalue weighted by Gasteiger charge is 2.31. The number of hydrogen-bond donors (Lipinski definition) is 1. The zero-order valence-corrected chi connectivity index (χ0v) is 9.13. The van der Waals surface area contributed by atoms with E-state index in [0.717, 1.165) is 30.7 Å². The van der Waals surface area contributed by atoms with Crippen molar-refractivity contribution in [2.45, 2.75) is 51.5 Å². The fourth-order valence-electron chi connectivity index (χ4n) is 2.06. The van der Waals surface area contributed by atoms with Gasteiger partial charge in [0, 0.05) is 23.4 Å². The molecule has 3 nitrogen and oxygen atoms in total. The Balaban J connectivity index is 2.49. The van der Waals surface area contributed by atoms with Gasteiger partial charge in [-0.2, -0.15) is 0 Å². The molecule has 0 saturated carbocycles. The lowest BCUT2D eigenvalue weighted by Crippen LogP contribution is -2.22. The largest absolute Gasteiger partial charge is 0.361 e. The summed E-state index contributed by atoms with van der Waals surface area (Å²) in [6.07, 6.45) is 3.16. The maximum absolute atomic E-state index is 6.09. The fraction of sp³-hybridized carbons (Fsp3) is 0.727. The number of aromatic nitrogens is 1. The maximum Gasteiger partial charge on any atom is 0.141 e. The summed E-state index contributed by atoms with van der Waals surface area (Å²) in [6.45, 7) is 6.44. The molecule has 1 aliphatic carbocycles. The number of fused-ring (bicyclic) bond motifs is 1. The van der Waals surface area contributed by atoms with E-state index in [-0.39, 0.29) is 11.5 Å². The van der Waals surface area contributed by atoms with Crippen LogP contribution in [-0.4, -0.2) is 5.16 Å². The van der Waals surface area contributed by atoms with E-state index in [1.807, 2.05) is 0 Å². The molecule has 1 aromatic heterocycles. The second-order valence-corrected chi connectivity index (χ2v) is 5.12. The third-order valence-electron chi connectivity index (χ3n) is 2.80. The monoisotopic (exact) mass is 194 g/mol. The summed E-state index contributed by atoms with van der Waals surface area (Å²) in [5, 5.41) is 4.16. The maximum atomic E-state index is 6.09. The summed E-state index contributed by atoms with van der Waals surface area (Å²) in [5.41, 5.74) is 8.33. The lowest BCUT2D eigenvalue weighted by Gasteiger charge is -2.22. The molecule has 0 aromatic carbocycles. The molecule has 78 valence electrons. The molecule has 3 heteroatoms. The van der Waals surface area contributed by atoms with Crippen LogP contribution < -0.4 is 5.73 Å². The van der Waals surface area contributed by atoms with E-state index in [9.17, 15) is 0 Å². The molecule has 0 aliphatic heterocycles. The van der Waals surface area contributed by atoms with Gasteiger partial charge < -0.3 is 10.3 Å². The molecule has 1 unspecified atom stereocenters. The minimum absolute atomic E-state index is 0.0338. The van der Waals surface area contributed by atoms with Crippen molar-refractivity contribution < 1.29 is 4.52 Å². The number of aryl methyl sites for hydroxylation is 1. The van der Waals surface area contributed by atoms with E-state index >= 15 is 0 Å². The number of nitrogens with zero attached hydrogens (tertiary/aromatic N) is 1. The first-order valence-corrected chi connectivity index (χ1v) is 5.24. The van der Waals surface area contributed by atoms with E-state index in [1.54, 1.807) is 0 Å². The van der Waals surface area contributed by atoms with Crippen molar-refractivity contribution in [2.24, 2.45) is 5.73 Å². The Hall–Kier alpha value is -0.830. The van der Waals surface area contributed by atoms with Crippen LogP contribution in [0.2, 0.25) is 0 Å². The van der Waals surface area contributed by atoms with Gasteiger partial charge in [0.2, 0.25) is 0 Å². The van der Waals surface area contributed by atoms with E-state index in [1.165, 1.54) is 5.56 Å². The van der Waals surface area contributed by atoms with Gasteiger partial charge >= 0.3 is 0 Å². The van der Waals surface area contributed by atoms with Crippen molar-refractivity contribution >= 4 is 0 Å². The molecule has 0 bridgehead atoms. The van der Waals surface area contributed by atoms with Gasteiger partial charge in [-0.25, -0.2) is 0 Å². The second kappa shape index (κ2) is 3.09. The van der Waals surface area contributed by atoms with Gasteiger partial charge in [-0.3, -0.25) is 0 Å². The number of nitrogens with two attached hydrogens (primary N) is 1. The molecule has 0 radical (unpaired) electrons. The third-order valence-corrected chi connectivity index (χ3v) is 2.80. The van der Waals surface area contributed by atoms with Crippen LogP contribution in [0.4, 0.5) is 0 Å². The molecular formula is C11H18N2O. The van der Waals surface area contributed by atoms with E-state index in [4.69, 9.17) is 10.3 Å². The zero-order valence-electron chi connectivity index (χ0n) is 9.13. The van der Waals surface area contributed by atoms with E-state index < -0.39 is 0 Å². The summed E-state index contributed by atoms with van der Waals surface area (Å²) >= 11 is 0. The minimum Gasteiger partial charge on any atom is -0.361 e. The van der Waals surface area contributed by atoms with Gasteiger partial charge in [-0.05, 0) is 12.8 Å². The highest BCUT2D eigenvalue weighted by Crippen LogP contribution is 2.36. The van der Waals surface area contributed by atoms with Crippen LogP contribution in [0, 0.1) is 0 Å². The van der Waals surface area contributed by atoms with Crippen molar-refractivity contribution in [3.05, 3.63) is 17.0 Å². The molecule has 0 saturated heterocycles. The summed E-state index contributed by atoms with van der Waals surface area (Å²) in [6, 6.07) is 0.124. The van der Waals surface area contributed by atoms with Gasteiger partial charge in [-0.15, -0.1) is 0 Å². The topological polar surface area (TPSA) is 52.0 Å². The number of hydrogen-bond acceptors (Lipinski definition) is 3. The Morgan fingerprint density at radius 2 is 2.14 bits per heavy atom. The van der Waals surface area contributed by atoms with E-state index in [2.05, 4.69) is 25.9 Å². The van der Waals surface area contributed by atoms with Gasteiger partial charge in [0.05, 0.1) is 5.69 Å². The predicted octanol–water partition coefficient (Wildman–Crippen LogP) is 2.31. The van der Waals surface area contributed by atoms with Crippen molar-refractivity contribution in [1.29, 1.82) is 0 Å². The molecule has 1 atom stereocenters. The highest BCUT2D eigenvalue weighted by molar-refractivity contribution is 5.33. The van der Waals surface area contributed by atoms with Gasteiger partial charge in [-0.1, -0.05) is 25.9 Å². The van der Waals surface area contributed by atoms with Crippen LogP contribution in [0.3, 0.4) is 0 Å². The fourth-order valence-corrected chi connectivity index (χ4v) is 2.06. The van der Waals surface area contributed by atoms with Crippen LogP contribution in [-0.2, 0) is 11.8 Å². The SMILES string of the molecule is CC(C)(C)c1noc2c1C(N)CCC2. The third kappa shape index (κ3) is 1.46.